The number of phenols is 1. The molecule has 0 aromatic heterocycles. The number of aromatic hydroxyl groups is 1. The Morgan fingerprint density at radius 1 is 1.00 bits per heavy atom. The lowest BCUT2D eigenvalue weighted by Gasteiger charge is -2.24. The molecule has 0 fully saturated rings. The largest absolute Gasteiger partial charge is 0.508 e. The third-order valence-corrected chi connectivity index (χ3v) is 3.54. The molecule has 0 unspecified atom stereocenters. The van der Waals surface area contributed by atoms with Crippen molar-refractivity contribution in [3.8, 4) is 5.75 Å². The van der Waals surface area contributed by atoms with Crippen LogP contribution in [0.15, 0.2) is 49.6 Å². The molecule has 0 aliphatic carbocycles. The topological polar surface area (TPSA) is 76.1 Å². The van der Waals surface area contributed by atoms with Crippen molar-refractivity contribution in [2.24, 2.45) is 0 Å². The van der Waals surface area contributed by atoms with Crippen LogP contribution in [0.4, 0.5) is 5.69 Å². The average molecular weight is 361 g/mol. The quantitative estimate of drug-likeness (QED) is 0.330. The van der Waals surface area contributed by atoms with Crippen LogP contribution in [0.3, 0.4) is 0 Å². The van der Waals surface area contributed by atoms with Crippen molar-refractivity contribution >= 4 is 17.6 Å². The first-order valence-electron chi connectivity index (χ1n) is 8.63. The van der Waals surface area contributed by atoms with E-state index in [0.717, 1.165) is 5.69 Å². The fourth-order valence-corrected chi connectivity index (χ4v) is 2.17. The van der Waals surface area contributed by atoms with Crippen molar-refractivity contribution in [2.45, 2.75) is 25.7 Å². The van der Waals surface area contributed by atoms with Crippen molar-refractivity contribution in [3.05, 3.63) is 49.6 Å². The summed E-state index contributed by atoms with van der Waals surface area (Å²) in [5, 5.41) is 9.67. The van der Waals surface area contributed by atoms with Crippen LogP contribution in [0.25, 0.3) is 0 Å². The lowest BCUT2D eigenvalue weighted by Crippen LogP contribution is -2.29. The van der Waals surface area contributed by atoms with E-state index in [1.54, 1.807) is 30.4 Å². The highest BCUT2D eigenvalue weighted by Crippen LogP contribution is 2.20. The van der Waals surface area contributed by atoms with E-state index in [4.69, 9.17) is 9.47 Å². The molecule has 0 aliphatic rings. The van der Waals surface area contributed by atoms with Gasteiger partial charge in [0.2, 0.25) is 0 Å². The zero-order valence-corrected chi connectivity index (χ0v) is 15.1. The van der Waals surface area contributed by atoms with E-state index in [0.29, 0.717) is 39.1 Å². The van der Waals surface area contributed by atoms with Gasteiger partial charge in [-0.3, -0.25) is 9.59 Å². The number of anilines is 1. The standard InChI is InChI=1S/C20H27NO5/c1-3-5-14-25-19(23)10-12-21(17-8-7-9-18(22)16-17)13-11-20(24)26-15-6-4-2/h3-4,7-9,16,22H,1-2,5-6,10-15H2. The molecular formula is C20H27NO5. The van der Waals surface area contributed by atoms with Gasteiger partial charge in [0.25, 0.3) is 0 Å². The molecule has 0 radical (unpaired) electrons. The number of nitrogens with zero attached hydrogens (tertiary/aromatic N) is 1. The van der Waals surface area contributed by atoms with Crippen LogP contribution < -0.4 is 4.90 Å². The van der Waals surface area contributed by atoms with Crippen molar-refractivity contribution in [2.75, 3.05) is 31.2 Å². The molecule has 1 rings (SSSR count). The predicted molar refractivity (Wildman–Crippen MR) is 101 cm³/mol. The minimum atomic E-state index is -0.314. The first-order chi connectivity index (χ1) is 12.6. The van der Waals surface area contributed by atoms with E-state index in [1.165, 1.54) is 0 Å². The molecule has 0 saturated heterocycles. The molecule has 26 heavy (non-hydrogen) atoms. The third kappa shape index (κ3) is 8.92. The summed E-state index contributed by atoms with van der Waals surface area (Å²) in [7, 11) is 0. The zero-order valence-electron chi connectivity index (χ0n) is 15.1. The second kappa shape index (κ2) is 12.6. The molecule has 1 aromatic rings. The first-order valence-corrected chi connectivity index (χ1v) is 8.63. The van der Waals surface area contributed by atoms with E-state index in [-0.39, 0.29) is 30.5 Å². The Morgan fingerprint density at radius 2 is 1.54 bits per heavy atom. The van der Waals surface area contributed by atoms with Gasteiger partial charge in [-0.2, -0.15) is 0 Å². The monoisotopic (exact) mass is 361 g/mol. The Kier molecular flexibility index (Phi) is 10.3. The van der Waals surface area contributed by atoms with Crippen LogP contribution in [-0.4, -0.2) is 43.3 Å². The number of esters is 2. The highest BCUT2D eigenvalue weighted by molar-refractivity contribution is 5.71. The van der Waals surface area contributed by atoms with Gasteiger partial charge in [0.1, 0.15) is 5.75 Å². The third-order valence-electron chi connectivity index (χ3n) is 3.54. The predicted octanol–water partition coefficient (Wildman–Crippen LogP) is 3.22. The van der Waals surface area contributed by atoms with Crippen LogP contribution in [0, 0.1) is 0 Å². The molecule has 0 spiro atoms. The summed E-state index contributed by atoms with van der Waals surface area (Å²) in [6.45, 7) is 8.51. The second-order valence-corrected chi connectivity index (χ2v) is 5.60. The first kappa shape index (κ1) is 21.3. The molecule has 142 valence electrons. The number of hydrogen-bond donors (Lipinski definition) is 1. The minimum Gasteiger partial charge on any atom is -0.508 e. The van der Waals surface area contributed by atoms with E-state index in [2.05, 4.69) is 13.2 Å². The molecule has 0 heterocycles. The molecule has 0 bridgehead atoms. The Bertz CT molecular complexity index is 570. The fraction of sp³-hybridized carbons (Fsp3) is 0.400. The Morgan fingerprint density at radius 3 is 2.00 bits per heavy atom. The van der Waals surface area contributed by atoms with Gasteiger partial charge in [-0.15, -0.1) is 13.2 Å². The summed E-state index contributed by atoms with van der Waals surface area (Å²) in [6.07, 6.45) is 4.95. The van der Waals surface area contributed by atoms with Gasteiger partial charge in [0.05, 0.1) is 26.1 Å². The smallest absolute Gasteiger partial charge is 0.307 e. The molecule has 1 N–H and O–H groups in total. The van der Waals surface area contributed by atoms with Gasteiger partial charge >= 0.3 is 11.9 Å². The Labute approximate surface area is 154 Å². The van der Waals surface area contributed by atoms with Gasteiger partial charge in [-0.1, -0.05) is 18.2 Å². The molecule has 1 aromatic carbocycles. The number of benzene rings is 1. The van der Waals surface area contributed by atoms with Crippen molar-refractivity contribution < 1.29 is 24.2 Å². The summed E-state index contributed by atoms with van der Waals surface area (Å²) in [5.74, 6) is -0.509. The van der Waals surface area contributed by atoms with Crippen LogP contribution in [0.5, 0.6) is 5.75 Å². The number of rotatable bonds is 13. The number of phenolic OH excluding ortho intramolecular Hbond substituents is 1. The van der Waals surface area contributed by atoms with Crippen LogP contribution in [0.1, 0.15) is 25.7 Å². The van der Waals surface area contributed by atoms with Gasteiger partial charge in [-0.05, 0) is 25.0 Å². The van der Waals surface area contributed by atoms with Crippen LogP contribution in [-0.2, 0) is 19.1 Å². The molecular weight excluding hydrogens is 334 g/mol. The normalized spacial score (nSPS) is 10.0. The van der Waals surface area contributed by atoms with E-state index < -0.39 is 0 Å². The molecule has 0 atom stereocenters. The molecule has 6 nitrogen and oxygen atoms in total. The van der Waals surface area contributed by atoms with Crippen LogP contribution in [0.2, 0.25) is 0 Å². The molecule has 0 amide bonds. The number of ether oxygens (including phenoxy) is 2. The summed E-state index contributed by atoms with van der Waals surface area (Å²) < 4.78 is 10.2. The van der Waals surface area contributed by atoms with Crippen molar-refractivity contribution in [3.63, 3.8) is 0 Å². The van der Waals surface area contributed by atoms with E-state index in [9.17, 15) is 14.7 Å². The number of carbonyl (C=O) groups is 2. The Balaban J connectivity index is 2.59. The average Bonchev–Trinajstić information content (AvgIpc) is 2.62. The van der Waals surface area contributed by atoms with Crippen molar-refractivity contribution in [1.29, 1.82) is 0 Å². The summed E-state index contributed by atoms with van der Waals surface area (Å²) in [4.78, 5) is 25.4. The number of hydrogen-bond acceptors (Lipinski definition) is 6. The van der Waals surface area contributed by atoms with Gasteiger partial charge in [-0.25, -0.2) is 0 Å². The molecule has 0 saturated carbocycles. The highest BCUT2D eigenvalue weighted by Gasteiger charge is 2.13. The van der Waals surface area contributed by atoms with Crippen LogP contribution >= 0.6 is 0 Å². The maximum Gasteiger partial charge on any atom is 0.307 e. The van der Waals surface area contributed by atoms with E-state index >= 15 is 0 Å². The van der Waals surface area contributed by atoms with Gasteiger partial charge in [0, 0.05) is 24.8 Å². The van der Waals surface area contributed by atoms with E-state index in [1.807, 2.05) is 11.0 Å². The maximum absolute atomic E-state index is 11.8. The molecule has 0 aliphatic heterocycles. The maximum atomic E-state index is 11.8. The van der Waals surface area contributed by atoms with Crippen molar-refractivity contribution in [1.82, 2.24) is 0 Å². The lowest BCUT2D eigenvalue weighted by molar-refractivity contribution is -0.143. The highest BCUT2D eigenvalue weighted by atomic mass is 16.5. The lowest BCUT2D eigenvalue weighted by atomic mass is 10.2. The summed E-state index contributed by atoms with van der Waals surface area (Å²) in [6, 6.07) is 6.68. The minimum absolute atomic E-state index is 0.120. The number of carbonyl (C=O) groups excluding carboxylic acids is 2. The fourth-order valence-electron chi connectivity index (χ4n) is 2.17. The molecule has 6 heteroatoms. The van der Waals surface area contributed by atoms with Gasteiger partial charge in [0.15, 0.2) is 0 Å². The summed E-state index contributed by atoms with van der Waals surface area (Å²) in [5.41, 5.74) is 0.725. The van der Waals surface area contributed by atoms with Gasteiger partial charge < -0.3 is 19.5 Å². The zero-order chi connectivity index (χ0) is 19.2. The Hall–Kier alpha value is -2.76. The summed E-state index contributed by atoms with van der Waals surface area (Å²) >= 11 is 0. The second-order valence-electron chi connectivity index (χ2n) is 5.60. The SMILES string of the molecule is C=CCCOC(=O)CCN(CCC(=O)OCCC=C)c1cccc(O)c1.